The standard InChI is InChI=1S/C14H15F3N2O4S/c1-2-13(20)18-11-7-10(14(15,16)17)8-12(9-11)24(21,22)19-3-5-23-6-4-19/h2,7-9H,1,3-6H2,(H,18,20). The summed E-state index contributed by atoms with van der Waals surface area (Å²) in [7, 11) is -4.13. The number of amides is 1. The molecule has 132 valence electrons. The Morgan fingerprint density at radius 3 is 2.42 bits per heavy atom. The summed E-state index contributed by atoms with van der Waals surface area (Å²) in [6.45, 7) is 3.62. The lowest BCUT2D eigenvalue weighted by Crippen LogP contribution is -2.40. The molecule has 1 N–H and O–H groups in total. The SMILES string of the molecule is C=CC(=O)Nc1cc(C(F)(F)F)cc(S(=O)(=O)N2CCOCC2)c1. The fourth-order valence-corrected chi connectivity index (χ4v) is 3.59. The number of nitrogens with one attached hydrogen (secondary N) is 1. The lowest BCUT2D eigenvalue weighted by Gasteiger charge is -2.26. The van der Waals surface area contributed by atoms with Crippen LogP contribution in [0.3, 0.4) is 0 Å². The maximum absolute atomic E-state index is 13.0. The predicted octanol–water partition coefficient (Wildman–Crippen LogP) is 1.85. The Kier molecular flexibility index (Phi) is 5.31. The summed E-state index contributed by atoms with van der Waals surface area (Å²) in [4.78, 5) is 10.8. The van der Waals surface area contributed by atoms with Gasteiger partial charge in [0.05, 0.1) is 23.7 Å². The first-order valence-electron chi connectivity index (χ1n) is 6.88. The first-order chi connectivity index (χ1) is 11.1. The Bertz CT molecular complexity index is 741. The highest BCUT2D eigenvalue weighted by Gasteiger charge is 2.34. The van der Waals surface area contributed by atoms with Crippen LogP contribution in [0.25, 0.3) is 0 Å². The number of carbonyl (C=O) groups excluding carboxylic acids is 1. The van der Waals surface area contributed by atoms with Crippen LogP contribution in [0.15, 0.2) is 35.7 Å². The molecule has 1 saturated heterocycles. The number of hydrogen-bond acceptors (Lipinski definition) is 4. The lowest BCUT2D eigenvalue weighted by molar-refractivity contribution is -0.137. The van der Waals surface area contributed by atoms with Gasteiger partial charge in [-0.25, -0.2) is 8.42 Å². The Morgan fingerprint density at radius 2 is 1.88 bits per heavy atom. The molecule has 1 heterocycles. The molecule has 1 aromatic carbocycles. The maximum atomic E-state index is 13.0. The van der Waals surface area contributed by atoms with Crippen molar-refractivity contribution < 1.29 is 31.1 Å². The van der Waals surface area contributed by atoms with Gasteiger partial charge in [0.1, 0.15) is 0 Å². The molecular formula is C14H15F3N2O4S. The minimum absolute atomic E-state index is 0.0485. The number of carbonyl (C=O) groups is 1. The zero-order valence-corrected chi connectivity index (χ0v) is 13.3. The largest absolute Gasteiger partial charge is 0.416 e. The van der Waals surface area contributed by atoms with E-state index in [4.69, 9.17) is 4.74 Å². The van der Waals surface area contributed by atoms with Crippen LogP contribution < -0.4 is 5.32 Å². The van der Waals surface area contributed by atoms with E-state index in [-0.39, 0.29) is 32.0 Å². The summed E-state index contributed by atoms with van der Waals surface area (Å²) in [5, 5.41) is 2.15. The number of ether oxygens (including phenoxy) is 1. The zero-order valence-electron chi connectivity index (χ0n) is 12.5. The van der Waals surface area contributed by atoms with Crippen LogP contribution in [0.1, 0.15) is 5.56 Å². The summed E-state index contributed by atoms with van der Waals surface area (Å²) in [6.07, 6.45) is -3.89. The van der Waals surface area contributed by atoms with Crippen LogP contribution in [0.2, 0.25) is 0 Å². The first-order valence-corrected chi connectivity index (χ1v) is 8.32. The number of rotatable bonds is 4. The second-order valence-corrected chi connectivity index (χ2v) is 6.89. The second-order valence-electron chi connectivity index (χ2n) is 4.95. The Balaban J connectivity index is 2.49. The van der Waals surface area contributed by atoms with E-state index in [1.807, 2.05) is 0 Å². The summed E-state index contributed by atoms with van der Waals surface area (Å²) in [5.74, 6) is -0.746. The average Bonchev–Trinajstić information content (AvgIpc) is 2.54. The van der Waals surface area contributed by atoms with Crippen LogP contribution in [0.5, 0.6) is 0 Å². The Morgan fingerprint density at radius 1 is 1.25 bits per heavy atom. The van der Waals surface area contributed by atoms with Crippen molar-refractivity contribution in [3.63, 3.8) is 0 Å². The molecule has 0 aliphatic carbocycles. The quantitative estimate of drug-likeness (QED) is 0.828. The fraction of sp³-hybridized carbons (Fsp3) is 0.357. The molecule has 0 radical (unpaired) electrons. The molecule has 0 saturated carbocycles. The van der Waals surface area contributed by atoms with Crippen LogP contribution in [0, 0.1) is 0 Å². The number of alkyl halides is 3. The summed E-state index contributed by atoms with van der Waals surface area (Å²) >= 11 is 0. The second kappa shape index (κ2) is 6.91. The molecule has 0 unspecified atom stereocenters. The summed E-state index contributed by atoms with van der Waals surface area (Å²) in [5.41, 5.74) is -1.45. The number of morpholine rings is 1. The van der Waals surface area contributed by atoms with Crippen molar-refractivity contribution in [1.29, 1.82) is 0 Å². The van der Waals surface area contributed by atoms with Gasteiger partial charge >= 0.3 is 6.18 Å². The van der Waals surface area contributed by atoms with E-state index in [0.717, 1.165) is 16.4 Å². The summed E-state index contributed by atoms with van der Waals surface area (Å²) in [6, 6.07) is 2.20. The number of nitrogens with zero attached hydrogens (tertiary/aromatic N) is 1. The van der Waals surface area contributed by atoms with Crippen LogP contribution in [0.4, 0.5) is 18.9 Å². The van der Waals surface area contributed by atoms with Gasteiger partial charge in [-0.1, -0.05) is 6.58 Å². The molecule has 1 aromatic rings. The third-order valence-corrected chi connectivity index (χ3v) is 5.17. The van der Waals surface area contributed by atoms with Gasteiger partial charge in [-0.15, -0.1) is 0 Å². The van der Waals surface area contributed by atoms with Crippen molar-refractivity contribution >= 4 is 21.6 Å². The van der Waals surface area contributed by atoms with Gasteiger partial charge < -0.3 is 10.1 Å². The molecule has 0 aromatic heterocycles. The van der Waals surface area contributed by atoms with Gasteiger partial charge in [0.15, 0.2) is 0 Å². The minimum atomic E-state index is -4.76. The summed E-state index contributed by atoms with van der Waals surface area (Å²) < 4.78 is 70.3. The van der Waals surface area contributed by atoms with E-state index in [0.29, 0.717) is 12.1 Å². The van der Waals surface area contributed by atoms with Crippen molar-refractivity contribution in [3.05, 3.63) is 36.4 Å². The monoisotopic (exact) mass is 364 g/mol. The van der Waals surface area contributed by atoms with Crippen molar-refractivity contribution in [2.24, 2.45) is 0 Å². The molecule has 0 atom stereocenters. The highest BCUT2D eigenvalue weighted by atomic mass is 32.2. The topological polar surface area (TPSA) is 75.7 Å². The Labute approximate surface area is 136 Å². The fourth-order valence-electron chi connectivity index (χ4n) is 2.11. The van der Waals surface area contributed by atoms with Gasteiger partial charge in [-0.3, -0.25) is 4.79 Å². The van der Waals surface area contributed by atoms with Crippen molar-refractivity contribution in [2.75, 3.05) is 31.6 Å². The van der Waals surface area contributed by atoms with Crippen LogP contribution in [-0.4, -0.2) is 44.9 Å². The number of hydrogen-bond donors (Lipinski definition) is 1. The average molecular weight is 364 g/mol. The van der Waals surface area contributed by atoms with E-state index in [9.17, 15) is 26.4 Å². The van der Waals surface area contributed by atoms with E-state index < -0.39 is 32.6 Å². The normalized spacial score (nSPS) is 16.6. The van der Waals surface area contributed by atoms with Gasteiger partial charge in [-0.2, -0.15) is 17.5 Å². The van der Waals surface area contributed by atoms with Gasteiger partial charge in [0.25, 0.3) is 0 Å². The molecule has 1 fully saturated rings. The van der Waals surface area contributed by atoms with Crippen LogP contribution >= 0.6 is 0 Å². The van der Waals surface area contributed by atoms with E-state index in [2.05, 4.69) is 11.9 Å². The number of sulfonamides is 1. The van der Waals surface area contributed by atoms with Gasteiger partial charge in [-0.05, 0) is 24.3 Å². The molecule has 1 aliphatic heterocycles. The molecule has 0 spiro atoms. The van der Waals surface area contributed by atoms with E-state index >= 15 is 0 Å². The molecular weight excluding hydrogens is 349 g/mol. The predicted molar refractivity (Wildman–Crippen MR) is 79.8 cm³/mol. The van der Waals surface area contributed by atoms with Crippen molar-refractivity contribution in [2.45, 2.75) is 11.1 Å². The number of benzene rings is 1. The molecule has 6 nitrogen and oxygen atoms in total. The molecule has 24 heavy (non-hydrogen) atoms. The maximum Gasteiger partial charge on any atom is 0.416 e. The molecule has 2 rings (SSSR count). The third kappa shape index (κ3) is 4.13. The zero-order chi connectivity index (χ0) is 18.0. The Hall–Kier alpha value is -1.91. The first kappa shape index (κ1) is 18.4. The smallest absolute Gasteiger partial charge is 0.379 e. The van der Waals surface area contributed by atoms with Crippen molar-refractivity contribution in [1.82, 2.24) is 4.31 Å². The van der Waals surface area contributed by atoms with Crippen molar-refractivity contribution in [3.8, 4) is 0 Å². The number of anilines is 1. The molecule has 1 amide bonds. The van der Waals surface area contributed by atoms with Gasteiger partial charge in [0, 0.05) is 18.8 Å². The lowest BCUT2D eigenvalue weighted by atomic mass is 10.2. The van der Waals surface area contributed by atoms with E-state index in [1.165, 1.54) is 0 Å². The molecule has 0 bridgehead atoms. The minimum Gasteiger partial charge on any atom is -0.379 e. The van der Waals surface area contributed by atoms with E-state index in [1.54, 1.807) is 0 Å². The molecule has 1 aliphatic rings. The number of halogens is 3. The van der Waals surface area contributed by atoms with Gasteiger partial charge in [0.2, 0.25) is 15.9 Å². The highest BCUT2D eigenvalue weighted by Crippen LogP contribution is 2.34. The van der Waals surface area contributed by atoms with Crippen LogP contribution in [-0.2, 0) is 25.7 Å². The molecule has 10 heteroatoms. The highest BCUT2D eigenvalue weighted by molar-refractivity contribution is 7.89. The third-order valence-electron chi connectivity index (χ3n) is 3.29.